The fraction of sp³-hybridized carbons (Fsp3) is 0.0667. The van der Waals surface area contributed by atoms with Crippen molar-refractivity contribution in [3.05, 3.63) is 64.5 Å². The molecule has 0 saturated carbocycles. The number of rotatable bonds is 4. The third kappa shape index (κ3) is 3.05. The SMILES string of the molecule is O=C(NCc1cc(-c2ccco2)on1)c1ccccc1Br. The maximum absolute atomic E-state index is 12.1. The number of carbonyl (C=O) groups excluding carboxylic acids is 1. The monoisotopic (exact) mass is 346 g/mol. The number of nitrogens with one attached hydrogen (secondary N) is 1. The summed E-state index contributed by atoms with van der Waals surface area (Å²) in [5, 5.41) is 6.69. The van der Waals surface area contributed by atoms with Gasteiger partial charge in [0.15, 0.2) is 5.76 Å². The van der Waals surface area contributed by atoms with Gasteiger partial charge in [-0.05, 0) is 40.2 Å². The van der Waals surface area contributed by atoms with Crippen LogP contribution in [0.5, 0.6) is 0 Å². The van der Waals surface area contributed by atoms with Gasteiger partial charge in [0, 0.05) is 10.5 Å². The van der Waals surface area contributed by atoms with Crippen LogP contribution in [0.15, 0.2) is 62.1 Å². The van der Waals surface area contributed by atoms with E-state index in [1.54, 1.807) is 30.5 Å². The van der Waals surface area contributed by atoms with Crippen molar-refractivity contribution in [1.82, 2.24) is 10.5 Å². The zero-order chi connectivity index (χ0) is 14.7. The molecule has 6 heteroatoms. The van der Waals surface area contributed by atoms with Gasteiger partial charge in [-0.25, -0.2) is 0 Å². The van der Waals surface area contributed by atoms with Crippen LogP contribution < -0.4 is 5.32 Å². The zero-order valence-corrected chi connectivity index (χ0v) is 12.5. The van der Waals surface area contributed by atoms with E-state index in [1.807, 2.05) is 18.2 Å². The van der Waals surface area contributed by atoms with Crippen LogP contribution in [0.1, 0.15) is 16.1 Å². The minimum atomic E-state index is -0.176. The lowest BCUT2D eigenvalue weighted by Crippen LogP contribution is -2.23. The topological polar surface area (TPSA) is 68.3 Å². The van der Waals surface area contributed by atoms with Crippen molar-refractivity contribution < 1.29 is 13.7 Å². The standard InChI is InChI=1S/C15H11BrN2O3/c16-12-5-2-1-4-11(12)15(19)17-9-10-8-14(21-18-10)13-6-3-7-20-13/h1-8H,9H2,(H,17,19). The van der Waals surface area contributed by atoms with Crippen molar-refractivity contribution in [3.8, 4) is 11.5 Å². The minimum Gasteiger partial charge on any atom is -0.461 e. The number of furan rings is 1. The first-order chi connectivity index (χ1) is 10.2. The molecule has 0 spiro atoms. The molecule has 1 amide bonds. The molecule has 0 aliphatic carbocycles. The lowest BCUT2D eigenvalue weighted by molar-refractivity contribution is 0.0949. The molecule has 0 atom stereocenters. The molecule has 2 heterocycles. The highest BCUT2D eigenvalue weighted by molar-refractivity contribution is 9.10. The molecule has 3 aromatic rings. The first-order valence-electron chi connectivity index (χ1n) is 6.26. The van der Waals surface area contributed by atoms with E-state index in [-0.39, 0.29) is 12.5 Å². The zero-order valence-electron chi connectivity index (χ0n) is 10.9. The van der Waals surface area contributed by atoms with Crippen LogP contribution in [0, 0.1) is 0 Å². The number of nitrogens with zero attached hydrogens (tertiary/aromatic N) is 1. The van der Waals surface area contributed by atoms with Crippen molar-refractivity contribution in [1.29, 1.82) is 0 Å². The number of hydrogen-bond donors (Lipinski definition) is 1. The lowest BCUT2D eigenvalue weighted by Gasteiger charge is -2.04. The van der Waals surface area contributed by atoms with Gasteiger partial charge in [0.2, 0.25) is 5.76 Å². The molecule has 0 saturated heterocycles. The molecule has 0 radical (unpaired) electrons. The van der Waals surface area contributed by atoms with Crippen LogP contribution in [-0.2, 0) is 6.54 Å². The number of carbonyl (C=O) groups is 1. The molecular formula is C15H11BrN2O3. The quantitative estimate of drug-likeness (QED) is 0.783. The second-order valence-corrected chi connectivity index (χ2v) is 5.18. The molecule has 5 nitrogen and oxygen atoms in total. The van der Waals surface area contributed by atoms with Gasteiger partial charge >= 0.3 is 0 Å². The van der Waals surface area contributed by atoms with Crippen LogP contribution >= 0.6 is 15.9 Å². The fourth-order valence-electron chi connectivity index (χ4n) is 1.84. The molecule has 0 aliphatic rings. The summed E-state index contributed by atoms with van der Waals surface area (Å²) >= 11 is 3.35. The predicted molar refractivity (Wildman–Crippen MR) is 79.5 cm³/mol. The number of hydrogen-bond acceptors (Lipinski definition) is 4. The van der Waals surface area contributed by atoms with Crippen molar-refractivity contribution >= 4 is 21.8 Å². The van der Waals surface area contributed by atoms with Crippen LogP contribution in [0.4, 0.5) is 0 Å². The van der Waals surface area contributed by atoms with E-state index in [4.69, 9.17) is 8.94 Å². The summed E-state index contributed by atoms with van der Waals surface area (Å²) in [5.41, 5.74) is 1.20. The summed E-state index contributed by atoms with van der Waals surface area (Å²) in [6.07, 6.45) is 1.56. The molecule has 0 fully saturated rings. The van der Waals surface area contributed by atoms with Gasteiger partial charge in [-0.15, -0.1) is 0 Å². The van der Waals surface area contributed by atoms with E-state index in [1.165, 1.54) is 0 Å². The smallest absolute Gasteiger partial charge is 0.252 e. The molecule has 106 valence electrons. The van der Waals surface area contributed by atoms with Crippen LogP contribution in [0.25, 0.3) is 11.5 Å². The van der Waals surface area contributed by atoms with E-state index >= 15 is 0 Å². The molecule has 0 unspecified atom stereocenters. The summed E-state index contributed by atoms with van der Waals surface area (Å²) < 4.78 is 11.1. The van der Waals surface area contributed by atoms with Gasteiger partial charge in [0.05, 0.1) is 18.4 Å². The Labute approximate surface area is 129 Å². The number of amides is 1. The van der Waals surface area contributed by atoms with Crippen molar-refractivity contribution in [2.45, 2.75) is 6.54 Å². The third-order valence-electron chi connectivity index (χ3n) is 2.87. The Kier molecular flexibility index (Phi) is 3.87. The van der Waals surface area contributed by atoms with Gasteiger partial charge < -0.3 is 14.3 Å². The summed E-state index contributed by atoms with van der Waals surface area (Å²) in [5.74, 6) is 0.959. The molecule has 3 rings (SSSR count). The average Bonchev–Trinajstić information content (AvgIpc) is 3.16. The highest BCUT2D eigenvalue weighted by Crippen LogP contribution is 2.20. The van der Waals surface area contributed by atoms with Gasteiger partial charge in [-0.3, -0.25) is 4.79 Å². The van der Waals surface area contributed by atoms with Crippen LogP contribution in [0.2, 0.25) is 0 Å². The van der Waals surface area contributed by atoms with Crippen molar-refractivity contribution in [2.24, 2.45) is 0 Å². The molecular weight excluding hydrogens is 336 g/mol. The number of halogens is 1. The van der Waals surface area contributed by atoms with E-state index in [0.29, 0.717) is 22.8 Å². The summed E-state index contributed by atoms with van der Waals surface area (Å²) in [7, 11) is 0. The average molecular weight is 347 g/mol. The third-order valence-corrected chi connectivity index (χ3v) is 3.56. The Bertz CT molecular complexity index is 750. The number of benzene rings is 1. The Balaban J connectivity index is 1.66. The highest BCUT2D eigenvalue weighted by atomic mass is 79.9. The van der Waals surface area contributed by atoms with Gasteiger partial charge in [-0.2, -0.15) is 0 Å². The normalized spacial score (nSPS) is 10.5. The second kappa shape index (κ2) is 5.97. The van der Waals surface area contributed by atoms with Crippen LogP contribution in [0.3, 0.4) is 0 Å². The maximum atomic E-state index is 12.1. The predicted octanol–water partition coefficient (Wildman–Crippen LogP) is 3.63. The summed E-state index contributed by atoms with van der Waals surface area (Å²) in [6, 6.07) is 12.5. The second-order valence-electron chi connectivity index (χ2n) is 4.32. The largest absolute Gasteiger partial charge is 0.461 e. The molecule has 1 N–H and O–H groups in total. The van der Waals surface area contributed by atoms with E-state index < -0.39 is 0 Å². The lowest BCUT2D eigenvalue weighted by atomic mass is 10.2. The Morgan fingerprint density at radius 1 is 1.19 bits per heavy atom. The Hall–Kier alpha value is -2.34. The summed E-state index contributed by atoms with van der Waals surface area (Å²) in [4.78, 5) is 12.1. The highest BCUT2D eigenvalue weighted by Gasteiger charge is 2.12. The van der Waals surface area contributed by atoms with E-state index in [0.717, 1.165) is 4.47 Å². The molecule has 2 aromatic heterocycles. The first-order valence-corrected chi connectivity index (χ1v) is 7.05. The first kappa shape index (κ1) is 13.6. The Morgan fingerprint density at radius 3 is 2.81 bits per heavy atom. The van der Waals surface area contributed by atoms with Crippen molar-refractivity contribution in [2.75, 3.05) is 0 Å². The van der Waals surface area contributed by atoms with Crippen LogP contribution in [-0.4, -0.2) is 11.1 Å². The minimum absolute atomic E-state index is 0.176. The Morgan fingerprint density at radius 2 is 2.05 bits per heavy atom. The molecule has 0 aliphatic heterocycles. The molecule has 0 bridgehead atoms. The van der Waals surface area contributed by atoms with Crippen molar-refractivity contribution in [3.63, 3.8) is 0 Å². The van der Waals surface area contributed by atoms with Gasteiger partial charge in [-0.1, -0.05) is 17.3 Å². The van der Waals surface area contributed by atoms with E-state index in [9.17, 15) is 4.79 Å². The fourth-order valence-corrected chi connectivity index (χ4v) is 2.31. The van der Waals surface area contributed by atoms with Gasteiger partial charge in [0.1, 0.15) is 5.69 Å². The maximum Gasteiger partial charge on any atom is 0.252 e. The molecule has 21 heavy (non-hydrogen) atoms. The number of aromatic nitrogens is 1. The van der Waals surface area contributed by atoms with E-state index in [2.05, 4.69) is 26.4 Å². The molecule has 1 aromatic carbocycles. The summed E-state index contributed by atoms with van der Waals surface area (Å²) in [6.45, 7) is 0.282. The van der Waals surface area contributed by atoms with Gasteiger partial charge in [0.25, 0.3) is 5.91 Å².